The fourth-order valence-electron chi connectivity index (χ4n) is 9.15. The van der Waals surface area contributed by atoms with Crippen molar-refractivity contribution < 1.29 is 0 Å². The topological polar surface area (TPSA) is 0 Å². The monoisotopic (exact) mass is 774 g/mol. The lowest BCUT2D eigenvalue weighted by Gasteiger charge is -2.40. The zero-order chi connectivity index (χ0) is 36.3. The summed E-state index contributed by atoms with van der Waals surface area (Å²) in [7, 11) is -0.728. The predicted molar refractivity (Wildman–Crippen MR) is 243 cm³/mol. The van der Waals surface area contributed by atoms with Gasteiger partial charge in [0.15, 0.2) is 0 Å². The minimum absolute atomic E-state index is 0.242. The maximum absolute atomic E-state index is 2.65. The first-order chi connectivity index (χ1) is 23.3. The molecular formula is C44H56P2S4. The molecule has 0 aliphatic carbocycles. The Kier molecular flexibility index (Phi) is 9.48. The maximum Gasteiger partial charge on any atom is 0.0397 e. The number of hydrogen-bond acceptors (Lipinski definition) is 4. The highest BCUT2D eigenvalue weighted by Crippen LogP contribution is 2.62. The summed E-state index contributed by atoms with van der Waals surface area (Å²) < 4.78 is 12.2. The Hall–Kier alpha value is -1.12. The number of thiophene rings is 4. The van der Waals surface area contributed by atoms with Gasteiger partial charge in [-0.2, -0.15) is 0 Å². The summed E-state index contributed by atoms with van der Waals surface area (Å²) in [5.74, 6) is 0. The van der Waals surface area contributed by atoms with E-state index in [-0.39, 0.29) is 36.5 Å². The Labute approximate surface area is 319 Å². The first kappa shape index (κ1) is 37.2. The van der Waals surface area contributed by atoms with Gasteiger partial charge >= 0.3 is 0 Å². The molecule has 0 fully saturated rings. The van der Waals surface area contributed by atoms with Crippen molar-refractivity contribution in [3.63, 3.8) is 0 Å². The highest BCUT2D eigenvalue weighted by Gasteiger charge is 2.38. The summed E-state index contributed by atoms with van der Waals surface area (Å²) in [6, 6.07) is 15.1. The van der Waals surface area contributed by atoms with E-state index in [1.54, 1.807) is 40.5 Å². The first-order valence-corrected chi connectivity index (χ1v) is 24.5. The highest BCUT2D eigenvalue weighted by atomic mass is 32.1. The van der Waals surface area contributed by atoms with Crippen LogP contribution in [0.2, 0.25) is 0 Å². The second-order valence-corrected chi connectivity index (χ2v) is 30.8. The summed E-state index contributed by atoms with van der Waals surface area (Å²) in [5.41, 5.74) is 3.26. The summed E-state index contributed by atoms with van der Waals surface area (Å²) in [5, 5.41) is 10.1. The van der Waals surface area contributed by atoms with Crippen LogP contribution in [0.3, 0.4) is 0 Å². The normalized spacial score (nSPS) is 14.1. The van der Waals surface area contributed by atoms with Crippen LogP contribution in [0.1, 0.15) is 121 Å². The molecule has 0 saturated carbocycles. The molecule has 0 aliphatic rings. The van der Waals surface area contributed by atoms with Crippen molar-refractivity contribution in [1.29, 1.82) is 0 Å². The van der Waals surface area contributed by atoms with Crippen LogP contribution < -0.4 is 9.24 Å². The molecule has 0 aliphatic heterocycles. The van der Waals surface area contributed by atoms with Crippen LogP contribution in [-0.4, -0.2) is 20.6 Å². The summed E-state index contributed by atoms with van der Waals surface area (Å²) in [6.07, 6.45) is 4.66. The zero-order valence-corrected chi connectivity index (χ0v) is 37.9. The molecule has 0 amide bonds. The van der Waals surface area contributed by atoms with Crippen LogP contribution in [0.25, 0.3) is 60.5 Å². The molecular weight excluding hydrogens is 719 g/mol. The molecule has 0 bridgehead atoms. The van der Waals surface area contributed by atoms with Crippen molar-refractivity contribution in [2.75, 3.05) is 0 Å². The van der Waals surface area contributed by atoms with E-state index < -0.39 is 0 Å². The van der Waals surface area contributed by atoms with Crippen LogP contribution in [0.4, 0.5) is 0 Å². The highest BCUT2D eigenvalue weighted by molar-refractivity contribution is 7.75. The quantitative estimate of drug-likeness (QED) is 0.148. The molecule has 0 N–H and O–H groups in total. The van der Waals surface area contributed by atoms with Crippen LogP contribution >= 0.6 is 61.2 Å². The van der Waals surface area contributed by atoms with E-state index in [9.17, 15) is 0 Å². The predicted octanol–water partition coefficient (Wildman–Crippen LogP) is 16.2. The fourth-order valence-corrected chi connectivity index (χ4v) is 25.2. The third kappa shape index (κ3) is 6.13. The van der Waals surface area contributed by atoms with Crippen molar-refractivity contribution in [3.8, 4) is 0 Å². The van der Waals surface area contributed by atoms with E-state index in [2.05, 4.69) is 179 Å². The molecule has 7 rings (SSSR count). The minimum atomic E-state index is -0.364. The van der Waals surface area contributed by atoms with Crippen molar-refractivity contribution >= 4 is 131 Å². The molecule has 6 heteroatoms. The summed E-state index contributed by atoms with van der Waals surface area (Å²) in [6.45, 7) is 34.3. The third-order valence-electron chi connectivity index (χ3n) is 9.96. The Morgan fingerprint density at radius 3 is 1.06 bits per heavy atom. The Morgan fingerprint density at radius 1 is 0.440 bits per heavy atom. The Balaban J connectivity index is 1.67. The molecule has 50 heavy (non-hydrogen) atoms. The van der Waals surface area contributed by atoms with E-state index in [1.807, 2.05) is 0 Å². The van der Waals surface area contributed by atoms with Gasteiger partial charge < -0.3 is 0 Å². The van der Waals surface area contributed by atoms with Crippen molar-refractivity contribution in [1.82, 2.24) is 0 Å². The maximum atomic E-state index is 2.65. The van der Waals surface area contributed by atoms with Gasteiger partial charge in [-0.25, -0.2) is 0 Å². The second kappa shape index (κ2) is 12.7. The molecule has 4 heterocycles. The van der Waals surface area contributed by atoms with Gasteiger partial charge in [0.1, 0.15) is 0 Å². The molecule has 0 saturated heterocycles. The second-order valence-electron chi connectivity index (χ2n) is 18.3. The van der Waals surface area contributed by atoms with Gasteiger partial charge in [0, 0.05) is 69.8 Å². The molecule has 3 aromatic carbocycles. The minimum Gasteiger partial charge on any atom is -0.135 e. The van der Waals surface area contributed by atoms with Gasteiger partial charge in [0.2, 0.25) is 0 Å². The van der Waals surface area contributed by atoms with E-state index in [4.69, 9.17) is 0 Å². The Morgan fingerprint density at radius 2 is 0.760 bits per heavy atom. The van der Waals surface area contributed by atoms with Crippen LogP contribution in [0, 0.1) is 0 Å². The standard InChI is InChI=1S/C44H56P2S4/c1-15-17-25-26(18-16-2)40-38(36-28-24-34(46(43(9,10)11)44(12,13)14)48-30(28)20-22-32(36)50-40)37-35-27-23-33(45(41(3,4)5)42(6,7)8)47-29(27)19-21-31(35)49-39(25)37/h19-24H,15-18H2,1-14H3. The molecule has 0 unspecified atom stereocenters. The molecule has 7 aromatic rings. The van der Waals surface area contributed by atoms with Crippen LogP contribution in [0.5, 0.6) is 0 Å². The largest absolute Gasteiger partial charge is 0.135 e. The van der Waals surface area contributed by atoms with Gasteiger partial charge in [-0.1, -0.05) is 126 Å². The summed E-state index contributed by atoms with van der Waals surface area (Å²) in [4.78, 5) is 0. The van der Waals surface area contributed by atoms with Gasteiger partial charge in [-0.05, 0) is 81.0 Å². The number of fused-ring (bicyclic) bond motifs is 11. The average Bonchev–Trinajstić information content (AvgIpc) is 3.72. The number of rotatable bonds is 6. The van der Waals surface area contributed by atoms with Crippen LogP contribution in [0.15, 0.2) is 36.4 Å². The molecule has 4 aromatic heterocycles. The molecule has 0 nitrogen and oxygen atoms in total. The van der Waals surface area contributed by atoms with Crippen molar-refractivity contribution in [2.45, 2.75) is 143 Å². The first-order valence-electron chi connectivity index (χ1n) is 18.6. The third-order valence-corrected chi connectivity index (χ3v) is 22.3. The molecule has 0 radical (unpaired) electrons. The molecule has 266 valence electrons. The number of aryl methyl sites for hydroxylation is 2. The van der Waals surface area contributed by atoms with Crippen molar-refractivity contribution in [2.24, 2.45) is 0 Å². The molecule has 0 spiro atoms. The van der Waals surface area contributed by atoms with Gasteiger partial charge in [0.25, 0.3) is 0 Å². The van der Waals surface area contributed by atoms with Gasteiger partial charge in [0.05, 0.1) is 0 Å². The van der Waals surface area contributed by atoms with E-state index in [0.717, 1.165) is 12.8 Å². The van der Waals surface area contributed by atoms with E-state index >= 15 is 0 Å². The summed E-state index contributed by atoms with van der Waals surface area (Å²) >= 11 is 8.31. The number of benzene rings is 3. The van der Waals surface area contributed by atoms with E-state index in [0.29, 0.717) is 0 Å². The van der Waals surface area contributed by atoms with Crippen molar-refractivity contribution in [3.05, 3.63) is 47.5 Å². The molecule has 0 atom stereocenters. The fraction of sp³-hybridized carbons (Fsp3) is 0.500. The lowest BCUT2D eigenvalue weighted by molar-refractivity contribution is 0.715. The smallest absolute Gasteiger partial charge is 0.0397 e. The van der Waals surface area contributed by atoms with Crippen LogP contribution in [-0.2, 0) is 12.8 Å². The van der Waals surface area contributed by atoms with Gasteiger partial charge in [-0.3, -0.25) is 0 Å². The van der Waals surface area contributed by atoms with E-state index in [1.165, 1.54) is 53.2 Å². The number of hydrogen-bond donors (Lipinski definition) is 0. The van der Waals surface area contributed by atoms with Gasteiger partial charge in [-0.15, -0.1) is 45.3 Å². The average molecular weight is 775 g/mol. The Bertz CT molecular complexity index is 2200. The zero-order valence-electron chi connectivity index (χ0n) is 32.8. The SMILES string of the molecule is CCCc1c(CCC)c2sc3ccc4sc(P(C(C)(C)C)C(C)(C)C)cc4c3c2c2c1sc1ccc3sc(P(C(C)(C)C)C(C)(C)C)cc3c12. The lowest BCUT2D eigenvalue weighted by Crippen LogP contribution is -2.29. The lowest BCUT2D eigenvalue weighted by atomic mass is 9.92.